The number of hydrogen-bond acceptors (Lipinski definition) is 4. The van der Waals surface area contributed by atoms with Gasteiger partial charge in [0.15, 0.2) is 4.73 Å². The standard InChI is InChI=1S/C6H9BrN4O/c7-5-8-6(10-9-5)11-1-3-12-4-2-11/h1-4H2,(H,8,9,10). The maximum absolute atomic E-state index is 5.21. The topological polar surface area (TPSA) is 54.0 Å². The molecule has 1 aromatic heterocycles. The van der Waals surface area contributed by atoms with Crippen LogP contribution in [0.25, 0.3) is 0 Å². The Kier molecular flexibility index (Phi) is 2.27. The van der Waals surface area contributed by atoms with Crippen LogP contribution in [0.15, 0.2) is 4.73 Å². The Bertz CT molecular complexity index is 258. The summed E-state index contributed by atoms with van der Waals surface area (Å²) in [4.78, 5) is 6.24. The minimum atomic E-state index is 0.670. The Balaban J connectivity index is 2.08. The van der Waals surface area contributed by atoms with Crippen LogP contribution in [-0.4, -0.2) is 41.5 Å². The fourth-order valence-corrected chi connectivity index (χ4v) is 1.39. The predicted molar refractivity (Wildman–Crippen MR) is 47.1 cm³/mol. The number of ether oxygens (including phenoxy) is 1. The SMILES string of the molecule is Brc1nc(N2CCOCC2)n[nH]1. The first-order valence-electron chi connectivity index (χ1n) is 3.77. The van der Waals surface area contributed by atoms with E-state index >= 15 is 0 Å². The molecule has 0 bridgehead atoms. The molecule has 1 fully saturated rings. The fourth-order valence-electron chi connectivity index (χ4n) is 1.14. The van der Waals surface area contributed by atoms with Gasteiger partial charge in [-0.25, -0.2) is 0 Å². The molecule has 2 rings (SSSR count). The number of rotatable bonds is 1. The smallest absolute Gasteiger partial charge is 0.245 e. The van der Waals surface area contributed by atoms with E-state index in [1.54, 1.807) is 0 Å². The van der Waals surface area contributed by atoms with Gasteiger partial charge < -0.3 is 9.64 Å². The van der Waals surface area contributed by atoms with Crippen molar-refractivity contribution in [3.8, 4) is 0 Å². The van der Waals surface area contributed by atoms with Gasteiger partial charge in [0.25, 0.3) is 0 Å². The van der Waals surface area contributed by atoms with Crippen molar-refractivity contribution >= 4 is 21.9 Å². The molecule has 1 N–H and O–H groups in total. The van der Waals surface area contributed by atoms with Gasteiger partial charge in [-0.15, -0.1) is 5.10 Å². The summed E-state index contributed by atoms with van der Waals surface area (Å²) in [7, 11) is 0. The van der Waals surface area contributed by atoms with Crippen LogP contribution in [0, 0.1) is 0 Å². The minimum Gasteiger partial charge on any atom is -0.378 e. The van der Waals surface area contributed by atoms with E-state index < -0.39 is 0 Å². The van der Waals surface area contributed by atoms with Gasteiger partial charge in [0, 0.05) is 13.1 Å². The first kappa shape index (κ1) is 8.00. The van der Waals surface area contributed by atoms with Gasteiger partial charge in [-0.2, -0.15) is 4.98 Å². The molecular weight excluding hydrogens is 224 g/mol. The van der Waals surface area contributed by atoms with Crippen LogP contribution >= 0.6 is 15.9 Å². The normalized spacial score (nSPS) is 18.2. The molecule has 0 aliphatic carbocycles. The second-order valence-corrected chi connectivity index (χ2v) is 3.28. The molecule has 1 aliphatic heterocycles. The molecule has 0 unspecified atom stereocenters. The van der Waals surface area contributed by atoms with Gasteiger partial charge in [-0.1, -0.05) is 0 Å². The summed E-state index contributed by atoms with van der Waals surface area (Å²) in [5, 5.41) is 6.77. The van der Waals surface area contributed by atoms with Gasteiger partial charge in [-0.3, -0.25) is 5.10 Å². The lowest BCUT2D eigenvalue weighted by atomic mass is 10.4. The number of hydrogen-bond donors (Lipinski definition) is 1. The monoisotopic (exact) mass is 232 g/mol. The molecule has 6 heteroatoms. The maximum Gasteiger partial charge on any atom is 0.245 e. The summed E-state index contributed by atoms with van der Waals surface area (Å²) in [6.07, 6.45) is 0. The quantitative estimate of drug-likeness (QED) is 0.762. The van der Waals surface area contributed by atoms with Gasteiger partial charge >= 0.3 is 0 Å². The lowest BCUT2D eigenvalue weighted by Crippen LogP contribution is -2.36. The van der Waals surface area contributed by atoms with Crippen LogP contribution in [0.4, 0.5) is 5.95 Å². The van der Waals surface area contributed by atoms with Crippen LogP contribution in [0.1, 0.15) is 0 Å². The molecule has 1 aliphatic rings. The first-order chi connectivity index (χ1) is 5.86. The summed E-state index contributed by atoms with van der Waals surface area (Å²) in [6, 6.07) is 0. The van der Waals surface area contributed by atoms with E-state index in [1.807, 2.05) is 0 Å². The van der Waals surface area contributed by atoms with Gasteiger partial charge in [0.05, 0.1) is 13.2 Å². The highest BCUT2D eigenvalue weighted by Gasteiger charge is 2.14. The number of morpholine rings is 1. The van der Waals surface area contributed by atoms with Crippen molar-refractivity contribution in [1.82, 2.24) is 15.2 Å². The maximum atomic E-state index is 5.21. The highest BCUT2D eigenvalue weighted by atomic mass is 79.9. The Morgan fingerprint density at radius 1 is 1.42 bits per heavy atom. The molecule has 0 aromatic carbocycles. The van der Waals surface area contributed by atoms with E-state index in [1.165, 1.54) is 0 Å². The summed E-state index contributed by atoms with van der Waals surface area (Å²) in [5.41, 5.74) is 0. The third-order valence-electron chi connectivity index (χ3n) is 1.74. The molecule has 0 radical (unpaired) electrons. The van der Waals surface area contributed by atoms with Crippen molar-refractivity contribution in [2.45, 2.75) is 0 Å². The van der Waals surface area contributed by atoms with Crippen molar-refractivity contribution < 1.29 is 4.74 Å². The second kappa shape index (κ2) is 3.40. The zero-order valence-corrected chi connectivity index (χ0v) is 8.04. The number of H-pyrrole nitrogens is 1. The zero-order chi connectivity index (χ0) is 8.39. The van der Waals surface area contributed by atoms with E-state index in [2.05, 4.69) is 36.0 Å². The Morgan fingerprint density at radius 3 is 2.75 bits per heavy atom. The average Bonchev–Trinajstić information content (AvgIpc) is 2.54. The summed E-state index contributed by atoms with van der Waals surface area (Å²) in [6.45, 7) is 3.24. The number of nitrogens with zero attached hydrogens (tertiary/aromatic N) is 3. The van der Waals surface area contributed by atoms with Crippen LogP contribution in [0.5, 0.6) is 0 Å². The van der Waals surface area contributed by atoms with Gasteiger partial charge in [0.1, 0.15) is 0 Å². The number of aromatic amines is 1. The molecule has 1 saturated heterocycles. The zero-order valence-electron chi connectivity index (χ0n) is 6.46. The predicted octanol–water partition coefficient (Wildman–Crippen LogP) is 0.404. The number of anilines is 1. The van der Waals surface area contributed by atoms with E-state index in [9.17, 15) is 0 Å². The molecule has 0 spiro atoms. The number of aromatic nitrogens is 3. The first-order valence-corrected chi connectivity index (χ1v) is 4.56. The summed E-state index contributed by atoms with van der Waals surface area (Å²) in [5.74, 6) is 0.741. The van der Waals surface area contributed by atoms with E-state index in [0.29, 0.717) is 4.73 Å². The number of nitrogens with one attached hydrogen (secondary N) is 1. The molecule has 0 atom stereocenters. The van der Waals surface area contributed by atoms with E-state index in [-0.39, 0.29) is 0 Å². The highest BCUT2D eigenvalue weighted by Crippen LogP contribution is 2.11. The molecule has 2 heterocycles. The third kappa shape index (κ3) is 1.59. The van der Waals surface area contributed by atoms with Gasteiger partial charge in [0.2, 0.25) is 5.95 Å². The lowest BCUT2D eigenvalue weighted by molar-refractivity contribution is 0.122. The molecule has 0 saturated carbocycles. The van der Waals surface area contributed by atoms with Crippen LogP contribution in [0.3, 0.4) is 0 Å². The van der Waals surface area contributed by atoms with Crippen molar-refractivity contribution in [2.24, 2.45) is 0 Å². The van der Waals surface area contributed by atoms with Crippen LogP contribution < -0.4 is 4.90 Å². The van der Waals surface area contributed by atoms with E-state index in [4.69, 9.17) is 4.74 Å². The second-order valence-electron chi connectivity index (χ2n) is 2.53. The lowest BCUT2D eigenvalue weighted by Gasteiger charge is -2.25. The highest BCUT2D eigenvalue weighted by molar-refractivity contribution is 9.10. The Labute approximate surface area is 78.2 Å². The Morgan fingerprint density at radius 2 is 2.17 bits per heavy atom. The van der Waals surface area contributed by atoms with Crippen molar-refractivity contribution in [1.29, 1.82) is 0 Å². The van der Waals surface area contributed by atoms with Crippen LogP contribution in [0.2, 0.25) is 0 Å². The van der Waals surface area contributed by atoms with Crippen LogP contribution in [-0.2, 0) is 4.74 Å². The fraction of sp³-hybridized carbons (Fsp3) is 0.667. The Hall–Kier alpha value is -0.620. The van der Waals surface area contributed by atoms with Gasteiger partial charge in [-0.05, 0) is 15.9 Å². The molecule has 1 aromatic rings. The number of halogens is 1. The van der Waals surface area contributed by atoms with E-state index in [0.717, 1.165) is 32.3 Å². The molecule has 66 valence electrons. The third-order valence-corrected chi connectivity index (χ3v) is 2.09. The van der Waals surface area contributed by atoms with Crippen molar-refractivity contribution in [2.75, 3.05) is 31.2 Å². The molecular formula is C6H9BrN4O. The van der Waals surface area contributed by atoms with Crippen molar-refractivity contribution in [3.05, 3.63) is 4.73 Å². The summed E-state index contributed by atoms with van der Waals surface area (Å²) < 4.78 is 5.88. The molecule has 5 nitrogen and oxygen atoms in total. The summed E-state index contributed by atoms with van der Waals surface area (Å²) >= 11 is 3.21. The average molecular weight is 233 g/mol. The van der Waals surface area contributed by atoms with Crippen molar-refractivity contribution in [3.63, 3.8) is 0 Å². The molecule has 12 heavy (non-hydrogen) atoms. The molecule has 0 amide bonds. The largest absolute Gasteiger partial charge is 0.378 e. The minimum absolute atomic E-state index is 0.670.